The van der Waals surface area contributed by atoms with Crippen LogP contribution in [0, 0.1) is 0 Å². The molecule has 0 spiro atoms. The van der Waals surface area contributed by atoms with Gasteiger partial charge in [-0.05, 0) is 43.3 Å². The number of rotatable bonds is 8. The van der Waals surface area contributed by atoms with Crippen molar-refractivity contribution in [2.24, 2.45) is 0 Å². The van der Waals surface area contributed by atoms with E-state index in [2.05, 4.69) is 11.8 Å². The number of hydrogen-bond acceptors (Lipinski definition) is 5. The minimum Gasteiger partial charge on any atom is -0.497 e. The molecule has 0 fully saturated rings. The Morgan fingerprint density at radius 2 is 1.71 bits per heavy atom. The zero-order valence-corrected chi connectivity index (χ0v) is 14.3. The first kappa shape index (κ1) is 17.7. The number of benzene rings is 2. The van der Waals surface area contributed by atoms with E-state index in [9.17, 15) is 4.79 Å². The number of nitrogens with zero attached hydrogens (tertiary/aromatic N) is 1. The summed E-state index contributed by atoms with van der Waals surface area (Å²) in [6.45, 7) is 3.81. The van der Waals surface area contributed by atoms with Crippen LogP contribution in [0.25, 0.3) is 0 Å². The summed E-state index contributed by atoms with van der Waals surface area (Å²) < 4.78 is 15.7. The van der Waals surface area contributed by atoms with Gasteiger partial charge >= 0.3 is 5.97 Å². The molecule has 0 aromatic heterocycles. The van der Waals surface area contributed by atoms with E-state index < -0.39 is 0 Å². The summed E-state index contributed by atoms with van der Waals surface area (Å²) in [5, 5.41) is 0. The molecule has 0 aliphatic carbocycles. The minimum absolute atomic E-state index is 0.315. The van der Waals surface area contributed by atoms with Crippen molar-refractivity contribution in [3.05, 3.63) is 54.1 Å². The SMILES string of the molecule is CCN(CCOC(=O)c1ccc(OC)cc1)c1cccc(OC)c1. The monoisotopic (exact) mass is 329 g/mol. The van der Waals surface area contributed by atoms with Crippen LogP contribution in [0.5, 0.6) is 11.5 Å². The van der Waals surface area contributed by atoms with Crippen molar-refractivity contribution < 1.29 is 19.0 Å². The molecule has 2 aromatic rings. The van der Waals surface area contributed by atoms with Crippen molar-refractivity contribution in [3.63, 3.8) is 0 Å². The Balaban J connectivity index is 1.89. The Hall–Kier alpha value is -2.69. The molecule has 0 unspecified atom stereocenters. The minimum atomic E-state index is -0.334. The molecule has 0 bridgehead atoms. The van der Waals surface area contributed by atoms with Gasteiger partial charge in [-0.1, -0.05) is 6.07 Å². The van der Waals surface area contributed by atoms with Crippen molar-refractivity contribution in [2.45, 2.75) is 6.92 Å². The number of methoxy groups -OCH3 is 2. The molecule has 2 aromatic carbocycles. The maximum atomic E-state index is 12.0. The molecule has 5 nitrogen and oxygen atoms in total. The number of likely N-dealkylation sites (N-methyl/N-ethyl adjacent to an activating group) is 1. The number of carbonyl (C=O) groups excluding carboxylic acids is 1. The number of ether oxygens (including phenoxy) is 3. The third kappa shape index (κ3) is 4.65. The van der Waals surface area contributed by atoms with E-state index in [0.717, 1.165) is 18.0 Å². The lowest BCUT2D eigenvalue weighted by Crippen LogP contribution is -2.28. The van der Waals surface area contributed by atoms with Gasteiger partial charge in [-0.2, -0.15) is 0 Å². The van der Waals surface area contributed by atoms with E-state index in [1.54, 1.807) is 38.5 Å². The van der Waals surface area contributed by atoms with Crippen LogP contribution in [0.4, 0.5) is 5.69 Å². The maximum Gasteiger partial charge on any atom is 0.338 e. The van der Waals surface area contributed by atoms with Crippen LogP contribution in [0.15, 0.2) is 48.5 Å². The lowest BCUT2D eigenvalue weighted by atomic mass is 10.2. The summed E-state index contributed by atoms with van der Waals surface area (Å²) in [4.78, 5) is 14.2. The third-order valence-electron chi connectivity index (χ3n) is 3.72. The van der Waals surface area contributed by atoms with Gasteiger partial charge in [0.15, 0.2) is 0 Å². The van der Waals surface area contributed by atoms with Gasteiger partial charge in [0.2, 0.25) is 0 Å². The van der Waals surface area contributed by atoms with Gasteiger partial charge in [0.05, 0.1) is 26.3 Å². The van der Waals surface area contributed by atoms with Crippen LogP contribution in [0.1, 0.15) is 17.3 Å². The van der Waals surface area contributed by atoms with Gasteiger partial charge in [0.1, 0.15) is 18.1 Å². The largest absolute Gasteiger partial charge is 0.497 e. The highest BCUT2D eigenvalue weighted by Crippen LogP contribution is 2.20. The molecule has 5 heteroatoms. The average Bonchev–Trinajstić information content (AvgIpc) is 2.65. The normalized spacial score (nSPS) is 10.1. The first-order valence-electron chi connectivity index (χ1n) is 7.88. The Kier molecular flexibility index (Phi) is 6.49. The summed E-state index contributed by atoms with van der Waals surface area (Å²) in [5.74, 6) is 1.18. The summed E-state index contributed by atoms with van der Waals surface area (Å²) in [7, 11) is 3.23. The quantitative estimate of drug-likeness (QED) is 0.695. The Bertz CT molecular complexity index is 655. The second kappa shape index (κ2) is 8.82. The molecule has 0 heterocycles. The predicted molar refractivity (Wildman–Crippen MR) is 94.2 cm³/mol. The van der Waals surface area contributed by atoms with Crippen LogP contribution in [0.3, 0.4) is 0 Å². The molecule has 0 atom stereocenters. The van der Waals surface area contributed by atoms with Gasteiger partial charge in [-0.25, -0.2) is 4.79 Å². The smallest absolute Gasteiger partial charge is 0.338 e. The number of carbonyl (C=O) groups is 1. The van der Waals surface area contributed by atoms with Crippen LogP contribution in [-0.2, 0) is 4.74 Å². The molecule has 0 saturated carbocycles. The second-order valence-electron chi connectivity index (χ2n) is 5.15. The molecule has 2 rings (SSSR count). The summed E-state index contributed by atoms with van der Waals surface area (Å²) in [6, 6.07) is 14.7. The Morgan fingerprint density at radius 3 is 2.33 bits per heavy atom. The van der Waals surface area contributed by atoms with Gasteiger partial charge in [-0.15, -0.1) is 0 Å². The fourth-order valence-corrected chi connectivity index (χ4v) is 2.34. The second-order valence-corrected chi connectivity index (χ2v) is 5.15. The summed E-state index contributed by atoms with van der Waals surface area (Å²) >= 11 is 0. The molecule has 0 N–H and O–H groups in total. The van der Waals surface area contributed by atoms with Crippen molar-refractivity contribution in [1.29, 1.82) is 0 Å². The summed E-state index contributed by atoms with van der Waals surface area (Å²) in [6.07, 6.45) is 0. The molecule has 24 heavy (non-hydrogen) atoms. The lowest BCUT2D eigenvalue weighted by molar-refractivity contribution is 0.0515. The molecule has 128 valence electrons. The number of anilines is 1. The zero-order valence-electron chi connectivity index (χ0n) is 14.3. The summed E-state index contributed by atoms with van der Waals surface area (Å²) in [5.41, 5.74) is 1.55. The Labute approximate surface area is 142 Å². The van der Waals surface area contributed by atoms with Gasteiger partial charge < -0.3 is 19.1 Å². The van der Waals surface area contributed by atoms with Crippen LogP contribution in [-0.4, -0.2) is 39.9 Å². The van der Waals surface area contributed by atoms with E-state index in [0.29, 0.717) is 24.5 Å². The van der Waals surface area contributed by atoms with Crippen LogP contribution < -0.4 is 14.4 Å². The predicted octanol–water partition coefficient (Wildman–Crippen LogP) is 3.39. The van der Waals surface area contributed by atoms with Crippen LogP contribution in [0.2, 0.25) is 0 Å². The molecule has 0 radical (unpaired) electrons. The molecule has 0 amide bonds. The molecule has 0 aliphatic heterocycles. The van der Waals surface area contributed by atoms with Crippen LogP contribution >= 0.6 is 0 Å². The van der Waals surface area contributed by atoms with Crippen molar-refractivity contribution in [3.8, 4) is 11.5 Å². The maximum absolute atomic E-state index is 12.0. The van der Waals surface area contributed by atoms with E-state index in [1.807, 2.05) is 24.3 Å². The third-order valence-corrected chi connectivity index (χ3v) is 3.72. The molecule has 0 saturated heterocycles. The van der Waals surface area contributed by atoms with E-state index in [-0.39, 0.29) is 5.97 Å². The molecular formula is C19H23NO4. The fourth-order valence-electron chi connectivity index (χ4n) is 2.34. The van der Waals surface area contributed by atoms with Crippen molar-refractivity contribution >= 4 is 11.7 Å². The molecular weight excluding hydrogens is 306 g/mol. The Morgan fingerprint density at radius 1 is 1.00 bits per heavy atom. The first-order chi connectivity index (χ1) is 11.7. The highest BCUT2D eigenvalue weighted by atomic mass is 16.5. The van der Waals surface area contributed by atoms with Crippen molar-refractivity contribution in [1.82, 2.24) is 0 Å². The zero-order chi connectivity index (χ0) is 17.4. The van der Waals surface area contributed by atoms with E-state index >= 15 is 0 Å². The van der Waals surface area contributed by atoms with Gasteiger partial charge in [0, 0.05) is 18.3 Å². The standard InChI is InChI=1S/C19H23NO4/c1-4-20(16-6-5-7-18(14-16)23-3)12-13-24-19(21)15-8-10-17(22-2)11-9-15/h5-11,14H,4,12-13H2,1-3H3. The topological polar surface area (TPSA) is 48.0 Å². The highest BCUT2D eigenvalue weighted by molar-refractivity contribution is 5.89. The lowest BCUT2D eigenvalue weighted by Gasteiger charge is -2.23. The van der Waals surface area contributed by atoms with E-state index in [4.69, 9.17) is 14.2 Å². The number of hydrogen-bond donors (Lipinski definition) is 0. The van der Waals surface area contributed by atoms with Crippen molar-refractivity contribution in [2.75, 3.05) is 38.8 Å². The van der Waals surface area contributed by atoms with Gasteiger partial charge in [0.25, 0.3) is 0 Å². The number of esters is 1. The van der Waals surface area contributed by atoms with E-state index in [1.165, 1.54) is 0 Å². The highest BCUT2D eigenvalue weighted by Gasteiger charge is 2.10. The first-order valence-corrected chi connectivity index (χ1v) is 7.88. The fraction of sp³-hybridized carbons (Fsp3) is 0.316. The average molecular weight is 329 g/mol. The van der Waals surface area contributed by atoms with Gasteiger partial charge in [-0.3, -0.25) is 0 Å². The molecule has 0 aliphatic rings.